The van der Waals surface area contributed by atoms with Gasteiger partial charge in [-0.15, -0.1) is 0 Å². The maximum Gasteiger partial charge on any atom is 0.435 e. The second kappa shape index (κ2) is 7.86. The van der Waals surface area contributed by atoms with Crippen molar-refractivity contribution in [2.24, 2.45) is 0 Å². The molecule has 2 aromatic carbocycles. The van der Waals surface area contributed by atoms with Crippen LogP contribution in [0.5, 0.6) is 0 Å². The van der Waals surface area contributed by atoms with Crippen LogP contribution >= 0.6 is 0 Å². The fourth-order valence-corrected chi connectivity index (χ4v) is 2.67. The lowest BCUT2D eigenvalue weighted by molar-refractivity contribution is -0.143. The molecule has 0 saturated heterocycles. The molecule has 160 valence electrons. The molecule has 0 amide bonds. The molecule has 3 rings (SSSR count). The summed E-state index contributed by atoms with van der Waals surface area (Å²) in [7, 11) is 0. The van der Waals surface area contributed by atoms with E-state index < -0.39 is 35.4 Å². The summed E-state index contributed by atoms with van der Waals surface area (Å²) in [6, 6.07) is 8.56. The van der Waals surface area contributed by atoms with Gasteiger partial charge >= 0.3 is 12.4 Å². The number of hydrogen-bond donors (Lipinski definition) is 0. The number of hydrogen-bond acceptors (Lipinski definition) is 2. The Kier molecular flexibility index (Phi) is 5.59. The van der Waals surface area contributed by atoms with Gasteiger partial charge < -0.3 is 0 Å². The molecular formula is C20H9F8N3. The van der Waals surface area contributed by atoms with Crippen LogP contribution in [0.1, 0.15) is 22.5 Å². The number of benzene rings is 2. The van der Waals surface area contributed by atoms with Gasteiger partial charge in [0, 0.05) is 11.6 Å². The molecule has 0 unspecified atom stereocenters. The van der Waals surface area contributed by atoms with Gasteiger partial charge in [0.05, 0.1) is 17.3 Å². The summed E-state index contributed by atoms with van der Waals surface area (Å²) < 4.78 is 105. The molecule has 3 aromatic rings. The van der Waals surface area contributed by atoms with Crippen molar-refractivity contribution in [1.29, 1.82) is 5.26 Å². The van der Waals surface area contributed by atoms with Crippen LogP contribution in [-0.4, -0.2) is 9.78 Å². The Morgan fingerprint density at radius 3 is 2.10 bits per heavy atom. The Morgan fingerprint density at radius 2 is 1.55 bits per heavy atom. The zero-order valence-corrected chi connectivity index (χ0v) is 15.1. The van der Waals surface area contributed by atoms with E-state index in [1.54, 1.807) is 6.07 Å². The first-order valence-electron chi connectivity index (χ1n) is 8.32. The predicted octanol–water partition coefficient (Wildman–Crippen LogP) is 6.25. The van der Waals surface area contributed by atoms with Crippen molar-refractivity contribution >= 4 is 11.6 Å². The van der Waals surface area contributed by atoms with Crippen molar-refractivity contribution in [2.75, 3.05) is 0 Å². The van der Waals surface area contributed by atoms with E-state index >= 15 is 0 Å². The van der Waals surface area contributed by atoms with Gasteiger partial charge in [0.1, 0.15) is 17.3 Å². The molecule has 0 saturated carbocycles. The molecule has 1 aromatic heterocycles. The van der Waals surface area contributed by atoms with Crippen LogP contribution < -0.4 is 0 Å². The van der Waals surface area contributed by atoms with E-state index in [2.05, 4.69) is 5.10 Å². The molecule has 1 heterocycles. The van der Waals surface area contributed by atoms with Crippen molar-refractivity contribution in [3.63, 3.8) is 0 Å². The van der Waals surface area contributed by atoms with Crippen molar-refractivity contribution < 1.29 is 35.1 Å². The zero-order chi connectivity index (χ0) is 23.0. The molecule has 0 N–H and O–H groups in total. The Balaban J connectivity index is 2.02. The van der Waals surface area contributed by atoms with E-state index in [1.807, 2.05) is 0 Å². The van der Waals surface area contributed by atoms with Crippen LogP contribution in [0, 0.1) is 23.0 Å². The summed E-state index contributed by atoms with van der Waals surface area (Å²) in [5.74, 6) is -1.65. The van der Waals surface area contributed by atoms with E-state index in [0.29, 0.717) is 0 Å². The van der Waals surface area contributed by atoms with Crippen LogP contribution in [0.15, 0.2) is 48.5 Å². The number of nitriles is 1. The summed E-state index contributed by atoms with van der Waals surface area (Å²) in [5, 5.41) is 12.2. The van der Waals surface area contributed by atoms with Gasteiger partial charge in [-0.05, 0) is 42.0 Å². The van der Waals surface area contributed by atoms with Crippen LogP contribution in [0.2, 0.25) is 0 Å². The second-order valence-corrected chi connectivity index (χ2v) is 6.21. The third kappa shape index (κ3) is 4.74. The molecule has 31 heavy (non-hydrogen) atoms. The Labute approximate surface area is 169 Å². The van der Waals surface area contributed by atoms with Crippen molar-refractivity contribution in [3.8, 4) is 11.8 Å². The summed E-state index contributed by atoms with van der Waals surface area (Å²) in [5.41, 5.74) is -4.04. The van der Waals surface area contributed by atoms with Crippen LogP contribution in [0.3, 0.4) is 0 Å². The first kappa shape index (κ1) is 22.0. The summed E-state index contributed by atoms with van der Waals surface area (Å²) in [6.07, 6.45) is -9.03. The molecule has 0 aliphatic heterocycles. The Hall–Kier alpha value is -3.68. The van der Waals surface area contributed by atoms with E-state index in [-0.39, 0.29) is 33.1 Å². The van der Waals surface area contributed by atoms with E-state index in [0.717, 1.165) is 36.4 Å². The van der Waals surface area contributed by atoms with Gasteiger partial charge in [-0.3, -0.25) is 0 Å². The molecule has 0 radical (unpaired) electrons. The Morgan fingerprint density at radius 1 is 0.903 bits per heavy atom. The first-order valence-corrected chi connectivity index (χ1v) is 8.32. The molecule has 3 nitrogen and oxygen atoms in total. The van der Waals surface area contributed by atoms with Gasteiger partial charge in [-0.25, -0.2) is 13.5 Å². The van der Waals surface area contributed by atoms with Gasteiger partial charge in [0.25, 0.3) is 0 Å². The number of nitrogens with zero attached hydrogens (tertiary/aromatic N) is 3. The lowest BCUT2D eigenvalue weighted by atomic mass is 10.0. The van der Waals surface area contributed by atoms with Gasteiger partial charge in [-0.1, -0.05) is 12.1 Å². The maximum absolute atomic E-state index is 13.9. The fraction of sp³-hybridized carbons (Fsp3) is 0.100. The minimum atomic E-state index is -5.10. The number of rotatable bonds is 3. The monoisotopic (exact) mass is 443 g/mol. The number of alkyl halides is 6. The van der Waals surface area contributed by atoms with Gasteiger partial charge in [-0.2, -0.15) is 36.7 Å². The smallest absolute Gasteiger partial charge is 0.228 e. The van der Waals surface area contributed by atoms with Crippen LogP contribution in [0.4, 0.5) is 35.1 Å². The third-order valence-electron chi connectivity index (χ3n) is 4.08. The summed E-state index contributed by atoms with van der Waals surface area (Å²) >= 11 is 0. The highest BCUT2D eigenvalue weighted by atomic mass is 19.4. The van der Waals surface area contributed by atoms with E-state index in [1.165, 1.54) is 12.1 Å². The van der Waals surface area contributed by atoms with E-state index in [9.17, 15) is 40.4 Å². The van der Waals surface area contributed by atoms with Crippen molar-refractivity contribution in [2.45, 2.75) is 12.4 Å². The standard InChI is InChI=1S/C20H9F8N3/c21-13-3-6-16(22)15(8-13)12(10-29)7-11-1-4-14(5-2-11)31-18(20(26,27)28)9-17(30-31)19(23,24)25/h1-9H/b12-7+. The first-order chi connectivity index (χ1) is 14.4. The fourth-order valence-electron chi connectivity index (χ4n) is 2.67. The van der Waals surface area contributed by atoms with Gasteiger partial charge in [0.2, 0.25) is 0 Å². The maximum atomic E-state index is 13.9. The molecule has 11 heteroatoms. The largest absolute Gasteiger partial charge is 0.435 e. The third-order valence-corrected chi connectivity index (χ3v) is 4.08. The minimum absolute atomic E-state index is 0.103. The molecular weight excluding hydrogens is 434 g/mol. The normalized spacial score (nSPS) is 12.7. The van der Waals surface area contributed by atoms with Crippen molar-refractivity contribution in [1.82, 2.24) is 9.78 Å². The Bertz CT molecular complexity index is 1180. The lowest BCUT2D eigenvalue weighted by Gasteiger charge is -2.10. The summed E-state index contributed by atoms with van der Waals surface area (Å²) in [4.78, 5) is 0. The molecule has 0 spiro atoms. The molecule has 0 aliphatic carbocycles. The predicted molar refractivity (Wildman–Crippen MR) is 93.4 cm³/mol. The zero-order valence-electron chi connectivity index (χ0n) is 15.1. The average Bonchev–Trinajstić information content (AvgIpc) is 3.15. The molecule has 0 aliphatic rings. The number of allylic oxidation sites excluding steroid dienone is 1. The quantitative estimate of drug-likeness (QED) is 0.273. The topological polar surface area (TPSA) is 41.6 Å². The SMILES string of the molecule is N#C/C(=C\c1ccc(-n2nc(C(F)(F)F)cc2C(F)(F)F)cc1)c1cc(F)ccc1F. The lowest BCUT2D eigenvalue weighted by Crippen LogP contribution is -2.13. The number of aromatic nitrogens is 2. The number of halogens is 8. The minimum Gasteiger partial charge on any atom is -0.228 e. The van der Waals surface area contributed by atoms with Crippen LogP contribution in [0.25, 0.3) is 17.3 Å². The van der Waals surface area contributed by atoms with Crippen molar-refractivity contribution in [3.05, 3.63) is 82.7 Å². The highest BCUT2D eigenvalue weighted by Gasteiger charge is 2.42. The summed E-state index contributed by atoms with van der Waals surface area (Å²) in [6.45, 7) is 0. The molecule has 0 atom stereocenters. The second-order valence-electron chi connectivity index (χ2n) is 6.21. The average molecular weight is 443 g/mol. The highest BCUT2D eigenvalue weighted by molar-refractivity contribution is 5.89. The highest BCUT2D eigenvalue weighted by Crippen LogP contribution is 2.36. The van der Waals surface area contributed by atoms with Crippen LogP contribution in [-0.2, 0) is 12.4 Å². The molecule has 0 fully saturated rings. The van der Waals surface area contributed by atoms with Gasteiger partial charge in [0.15, 0.2) is 5.69 Å². The molecule has 0 bridgehead atoms. The van der Waals surface area contributed by atoms with E-state index in [4.69, 9.17) is 0 Å².